The van der Waals surface area contributed by atoms with Crippen LogP contribution in [0.5, 0.6) is 0 Å². The molecule has 0 saturated carbocycles. The van der Waals surface area contributed by atoms with E-state index in [1.807, 2.05) is 72.8 Å². The first-order valence-corrected chi connectivity index (χ1v) is 11.6. The van der Waals surface area contributed by atoms with Gasteiger partial charge in [0.15, 0.2) is 12.4 Å². The molecule has 1 unspecified atom stereocenters. The molecule has 1 saturated heterocycles. The molecule has 1 aliphatic carbocycles. The Morgan fingerprint density at radius 2 is 1.48 bits per heavy atom. The summed E-state index contributed by atoms with van der Waals surface area (Å²) < 4.78 is 30.3. The Kier molecular flexibility index (Phi) is 8.66. The summed E-state index contributed by atoms with van der Waals surface area (Å²) >= 11 is 0. The van der Waals surface area contributed by atoms with Gasteiger partial charge in [-0.2, -0.15) is 0 Å². The summed E-state index contributed by atoms with van der Waals surface area (Å²) in [4.78, 5) is 12.0. The fourth-order valence-corrected chi connectivity index (χ4v) is 4.13. The van der Waals surface area contributed by atoms with Crippen LogP contribution < -0.4 is 0 Å². The van der Waals surface area contributed by atoms with Crippen LogP contribution in [0, 0.1) is 0 Å². The molecule has 1 aliphatic heterocycles. The zero-order valence-corrected chi connectivity index (χ0v) is 19.0. The zero-order chi connectivity index (χ0) is 22.9. The van der Waals surface area contributed by atoms with Crippen LogP contribution in [0.25, 0.3) is 0 Å². The molecule has 6 heteroatoms. The van der Waals surface area contributed by atoms with Crippen LogP contribution in [-0.2, 0) is 41.7 Å². The van der Waals surface area contributed by atoms with Crippen molar-refractivity contribution in [2.24, 2.45) is 0 Å². The quantitative estimate of drug-likeness (QED) is 0.410. The van der Waals surface area contributed by atoms with Gasteiger partial charge >= 0.3 is 5.97 Å². The van der Waals surface area contributed by atoms with Crippen LogP contribution in [0.3, 0.4) is 0 Å². The van der Waals surface area contributed by atoms with E-state index in [1.165, 1.54) is 6.92 Å². The van der Waals surface area contributed by atoms with Crippen molar-refractivity contribution in [1.82, 2.24) is 0 Å². The fraction of sp³-hybridized carbons (Fsp3) is 0.444. The van der Waals surface area contributed by atoms with Gasteiger partial charge in [0.25, 0.3) is 0 Å². The molecule has 2 aromatic rings. The molecule has 1 fully saturated rings. The molecule has 0 bridgehead atoms. The minimum Gasteiger partial charge on any atom is -0.457 e. The molecule has 5 atom stereocenters. The smallest absolute Gasteiger partial charge is 0.303 e. The number of rotatable bonds is 9. The number of hydrogen-bond acceptors (Lipinski definition) is 6. The van der Waals surface area contributed by atoms with E-state index in [9.17, 15) is 4.79 Å². The monoisotopic (exact) mass is 452 g/mol. The molecule has 2 aromatic carbocycles. The lowest BCUT2D eigenvalue weighted by Gasteiger charge is -2.39. The van der Waals surface area contributed by atoms with Gasteiger partial charge in [0.1, 0.15) is 18.3 Å². The number of carbonyl (C=O) groups excluding carboxylic acids is 1. The Morgan fingerprint density at radius 3 is 2.09 bits per heavy atom. The van der Waals surface area contributed by atoms with Gasteiger partial charge in [0, 0.05) is 13.5 Å². The number of hydrogen-bond donors (Lipinski definition) is 0. The van der Waals surface area contributed by atoms with E-state index in [4.69, 9.17) is 23.7 Å². The van der Waals surface area contributed by atoms with Crippen molar-refractivity contribution < 1.29 is 28.5 Å². The van der Waals surface area contributed by atoms with Crippen molar-refractivity contribution in [2.45, 2.75) is 70.1 Å². The van der Waals surface area contributed by atoms with Crippen LogP contribution in [0.4, 0.5) is 0 Å². The molecule has 4 rings (SSSR count). The molecule has 0 radical (unpaired) electrons. The molecule has 6 nitrogen and oxygen atoms in total. The van der Waals surface area contributed by atoms with E-state index in [0.29, 0.717) is 19.8 Å². The van der Waals surface area contributed by atoms with E-state index in [2.05, 4.69) is 0 Å². The highest BCUT2D eigenvalue weighted by Gasteiger charge is 2.42. The molecular formula is C27H32O6. The van der Waals surface area contributed by atoms with Gasteiger partial charge in [0.05, 0.1) is 13.2 Å². The molecular weight excluding hydrogens is 420 g/mol. The normalized spacial score (nSPS) is 27.2. The SMILES string of the molecule is CC(=O)O[C@H]1[C@H](OCc2ccccc2)[C@@H](OCc2ccccc2)C=C[C@@H]1OC1CCCCO1. The van der Waals surface area contributed by atoms with Crippen molar-refractivity contribution in [1.29, 1.82) is 0 Å². The fourth-order valence-electron chi connectivity index (χ4n) is 4.13. The summed E-state index contributed by atoms with van der Waals surface area (Å²) in [5.41, 5.74) is 2.09. The second kappa shape index (κ2) is 12.1. The van der Waals surface area contributed by atoms with Crippen LogP contribution in [-0.4, -0.2) is 43.3 Å². The topological polar surface area (TPSA) is 63.2 Å². The highest BCUT2D eigenvalue weighted by atomic mass is 16.7. The minimum absolute atomic E-state index is 0.317. The average molecular weight is 453 g/mol. The average Bonchev–Trinajstić information content (AvgIpc) is 2.85. The maximum atomic E-state index is 12.0. The molecule has 1 heterocycles. The largest absolute Gasteiger partial charge is 0.457 e. The van der Waals surface area contributed by atoms with Crippen molar-refractivity contribution in [3.05, 3.63) is 83.9 Å². The third-order valence-electron chi connectivity index (χ3n) is 5.78. The second-order valence-corrected chi connectivity index (χ2v) is 8.38. The number of esters is 1. The standard InChI is InChI=1S/C27H32O6/c1-20(28)32-27-24(33-25-14-8-9-17-29-25)16-15-23(30-18-21-10-4-2-5-11-21)26(27)31-19-22-12-6-3-7-13-22/h2-7,10-13,15-16,23-27H,8-9,14,17-19H2,1H3/t23-,24-,25?,26+,27+/m0/s1. The van der Waals surface area contributed by atoms with E-state index in [0.717, 1.165) is 30.4 Å². The maximum Gasteiger partial charge on any atom is 0.303 e. The van der Waals surface area contributed by atoms with Gasteiger partial charge < -0.3 is 23.7 Å². The Morgan fingerprint density at radius 1 is 0.848 bits per heavy atom. The van der Waals surface area contributed by atoms with Crippen molar-refractivity contribution in [2.75, 3.05) is 6.61 Å². The Hall–Kier alpha value is -2.51. The lowest BCUT2D eigenvalue weighted by atomic mass is 9.95. The summed E-state index contributed by atoms with van der Waals surface area (Å²) in [5.74, 6) is -0.386. The second-order valence-electron chi connectivity index (χ2n) is 8.38. The molecule has 0 spiro atoms. The summed E-state index contributed by atoms with van der Waals surface area (Å²) in [5, 5.41) is 0. The Balaban J connectivity index is 1.52. The highest BCUT2D eigenvalue weighted by Crippen LogP contribution is 2.28. The third kappa shape index (κ3) is 6.98. The minimum atomic E-state index is -0.650. The first-order chi connectivity index (χ1) is 16.2. The van der Waals surface area contributed by atoms with Crippen molar-refractivity contribution in [3.8, 4) is 0 Å². The van der Waals surface area contributed by atoms with Crippen molar-refractivity contribution in [3.63, 3.8) is 0 Å². The van der Waals surface area contributed by atoms with Gasteiger partial charge in [-0.25, -0.2) is 0 Å². The summed E-state index contributed by atoms with van der Waals surface area (Å²) in [6.07, 6.45) is 4.39. The summed E-state index contributed by atoms with van der Waals surface area (Å²) in [6, 6.07) is 19.9. The molecule has 0 N–H and O–H groups in total. The Bertz CT molecular complexity index is 878. The first-order valence-electron chi connectivity index (χ1n) is 11.6. The van der Waals surface area contributed by atoms with Crippen LogP contribution in [0.15, 0.2) is 72.8 Å². The number of carbonyl (C=O) groups is 1. The third-order valence-corrected chi connectivity index (χ3v) is 5.78. The number of ether oxygens (including phenoxy) is 5. The molecule has 33 heavy (non-hydrogen) atoms. The predicted octanol–water partition coefficient (Wildman–Crippen LogP) is 4.57. The summed E-state index contributed by atoms with van der Waals surface area (Å²) in [7, 11) is 0. The molecule has 176 valence electrons. The first kappa shape index (κ1) is 23.6. The van der Waals surface area contributed by atoms with Gasteiger partial charge in [-0.1, -0.05) is 72.8 Å². The summed E-state index contributed by atoms with van der Waals surface area (Å²) in [6.45, 7) is 2.87. The van der Waals surface area contributed by atoms with Gasteiger partial charge in [-0.15, -0.1) is 0 Å². The predicted molar refractivity (Wildman–Crippen MR) is 123 cm³/mol. The van der Waals surface area contributed by atoms with E-state index in [1.54, 1.807) is 0 Å². The lowest BCUT2D eigenvalue weighted by Crippen LogP contribution is -2.52. The van der Waals surface area contributed by atoms with Gasteiger partial charge in [-0.3, -0.25) is 4.79 Å². The number of benzene rings is 2. The van der Waals surface area contributed by atoms with E-state index < -0.39 is 24.4 Å². The van der Waals surface area contributed by atoms with Crippen molar-refractivity contribution >= 4 is 5.97 Å². The molecule has 0 aromatic heterocycles. The molecule has 2 aliphatic rings. The van der Waals surface area contributed by atoms with Crippen LogP contribution >= 0.6 is 0 Å². The van der Waals surface area contributed by atoms with Gasteiger partial charge in [-0.05, 0) is 30.4 Å². The zero-order valence-electron chi connectivity index (χ0n) is 19.0. The van der Waals surface area contributed by atoms with Crippen LogP contribution in [0.1, 0.15) is 37.3 Å². The molecule has 0 amide bonds. The van der Waals surface area contributed by atoms with E-state index in [-0.39, 0.29) is 12.3 Å². The highest BCUT2D eigenvalue weighted by molar-refractivity contribution is 5.66. The van der Waals surface area contributed by atoms with Gasteiger partial charge in [0.2, 0.25) is 0 Å². The maximum absolute atomic E-state index is 12.0. The lowest BCUT2D eigenvalue weighted by molar-refractivity contribution is -0.228. The van der Waals surface area contributed by atoms with E-state index >= 15 is 0 Å². The Labute approximate surface area is 195 Å². The van der Waals surface area contributed by atoms with Crippen LogP contribution in [0.2, 0.25) is 0 Å².